The summed E-state index contributed by atoms with van der Waals surface area (Å²) in [6, 6.07) is -0.358. The highest BCUT2D eigenvalue weighted by Gasteiger charge is 2.24. The minimum atomic E-state index is -3.61. The SMILES string of the molecule is CCc1ncc(S(=O)(=O)NC(C)C(CO)SC)[nH]1. The molecule has 0 aliphatic heterocycles. The van der Waals surface area contributed by atoms with Crippen LogP contribution in [0.1, 0.15) is 19.7 Å². The van der Waals surface area contributed by atoms with E-state index in [1.54, 1.807) is 6.92 Å². The molecule has 0 amide bonds. The summed E-state index contributed by atoms with van der Waals surface area (Å²) in [4.78, 5) is 6.72. The first-order valence-electron chi connectivity index (χ1n) is 5.64. The number of hydrogen-bond acceptors (Lipinski definition) is 5. The summed E-state index contributed by atoms with van der Waals surface area (Å²) in [6.45, 7) is 3.54. The van der Waals surface area contributed by atoms with Crippen LogP contribution in [0, 0.1) is 0 Å². The first-order valence-corrected chi connectivity index (χ1v) is 8.41. The molecule has 6 nitrogen and oxygen atoms in total. The van der Waals surface area contributed by atoms with Crippen LogP contribution in [0.4, 0.5) is 0 Å². The second-order valence-electron chi connectivity index (χ2n) is 3.91. The number of imidazole rings is 1. The molecule has 1 heterocycles. The van der Waals surface area contributed by atoms with E-state index in [1.165, 1.54) is 18.0 Å². The average Bonchev–Trinajstić information content (AvgIpc) is 2.79. The number of aromatic nitrogens is 2. The highest BCUT2D eigenvalue weighted by molar-refractivity contribution is 7.99. The largest absolute Gasteiger partial charge is 0.395 e. The molecule has 1 aromatic heterocycles. The molecule has 18 heavy (non-hydrogen) atoms. The Morgan fingerprint density at radius 3 is 2.72 bits per heavy atom. The number of aryl methyl sites for hydroxylation is 1. The Balaban J connectivity index is 2.81. The van der Waals surface area contributed by atoms with E-state index in [0.29, 0.717) is 12.2 Å². The van der Waals surface area contributed by atoms with Gasteiger partial charge >= 0.3 is 0 Å². The summed E-state index contributed by atoms with van der Waals surface area (Å²) in [6.07, 6.45) is 3.78. The average molecular weight is 293 g/mol. The summed E-state index contributed by atoms with van der Waals surface area (Å²) < 4.78 is 26.6. The second-order valence-corrected chi connectivity index (χ2v) is 6.67. The summed E-state index contributed by atoms with van der Waals surface area (Å²) >= 11 is 1.42. The van der Waals surface area contributed by atoms with Gasteiger partial charge in [0.2, 0.25) is 0 Å². The van der Waals surface area contributed by atoms with E-state index >= 15 is 0 Å². The van der Waals surface area contributed by atoms with Gasteiger partial charge in [0.25, 0.3) is 10.0 Å². The molecule has 2 atom stereocenters. The summed E-state index contributed by atoms with van der Waals surface area (Å²) in [5.41, 5.74) is 0. The van der Waals surface area contributed by atoms with Gasteiger partial charge in [-0.25, -0.2) is 18.1 Å². The zero-order valence-electron chi connectivity index (χ0n) is 10.7. The Bertz CT molecular complexity index is 468. The van der Waals surface area contributed by atoms with E-state index in [4.69, 9.17) is 5.11 Å². The van der Waals surface area contributed by atoms with Crippen molar-refractivity contribution in [3.8, 4) is 0 Å². The lowest BCUT2D eigenvalue weighted by Gasteiger charge is -2.20. The van der Waals surface area contributed by atoms with Gasteiger partial charge in [-0.3, -0.25) is 0 Å². The van der Waals surface area contributed by atoms with Crippen molar-refractivity contribution >= 4 is 21.8 Å². The smallest absolute Gasteiger partial charge is 0.257 e. The van der Waals surface area contributed by atoms with Crippen LogP contribution in [-0.2, 0) is 16.4 Å². The molecule has 0 aromatic carbocycles. The number of thioether (sulfide) groups is 1. The molecule has 0 bridgehead atoms. The number of aliphatic hydroxyl groups is 1. The van der Waals surface area contributed by atoms with Crippen molar-refractivity contribution in [3.63, 3.8) is 0 Å². The molecular weight excluding hydrogens is 274 g/mol. The third kappa shape index (κ3) is 3.71. The molecule has 0 fully saturated rings. The van der Waals surface area contributed by atoms with Gasteiger partial charge in [-0.1, -0.05) is 6.92 Å². The number of aliphatic hydroxyl groups excluding tert-OH is 1. The molecule has 2 unspecified atom stereocenters. The molecule has 0 saturated carbocycles. The number of H-pyrrole nitrogens is 1. The number of hydrogen-bond donors (Lipinski definition) is 3. The highest BCUT2D eigenvalue weighted by Crippen LogP contribution is 2.13. The minimum absolute atomic E-state index is 0.0593. The van der Waals surface area contributed by atoms with Crippen LogP contribution in [0.2, 0.25) is 0 Å². The zero-order chi connectivity index (χ0) is 13.8. The molecule has 0 spiro atoms. The van der Waals surface area contributed by atoms with E-state index < -0.39 is 10.0 Å². The molecule has 8 heteroatoms. The molecular formula is C10H19N3O3S2. The van der Waals surface area contributed by atoms with Crippen LogP contribution in [0.5, 0.6) is 0 Å². The summed E-state index contributed by atoms with van der Waals surface area (Å²) in [5, 5.41) is 9.02. The second kappa shape index (κ2) is 6.55. The van der Waals surface area contributed by atoms with E-state index in [1.807, 2.05) is 13.2 Å². The summed E-state index contributed by atoms with van der Waals surface area (Å²) in [7, 11) is -3.61. The van der Waals surface area contributed by atoms with Crippen LogP contribution in [-0.4, -0.2) is 47.6 Å². The number of nitrogens with zero attached hydrogens (tertiary/aromatic N) is 1. The van der Waals surface area contributed by atoms with E-state index in [9.17, 15) is 8.42 Å². The van der Waals surface area contributed by atoms with Crippen LogP contribution in [0.15, 0.2) is 11.2 Å². The van der Waals surface area contributed by atoms with Gasteiger partial charge in [0.1, 0.15) is 5.82 Å². The van der Waals surface area contributed by atoms with Gasteiger partial charge in [-0.15, -0.1) is 0 Å². The fourth-order valence-corrected chi connectivity index (χ4v) is 3.42. The predicted molar refractivity (Wildman–Crippen MR) is 72.1 cm³/mol. The predicted octanol–water partition coefficient (Wildman–Crippen LogP) is 0.363. The maximum atomic E-state index is 12.0. The number of rotatable bonds is 7. The number of aromatic amines is 1. The first-order chi connectivity index (χ1) is 8.44. The lowest BCUT2D eigenvalue weighted by Crippen LogP contribution is -2.41. The highest BCUT2D eigenvalue weighted by atomic mass is 32.2. The van der Waals surface area contributed by atoms with Gasteiger partial charge in [-0.05, 0) is 13.2 Å². The molecule has 104 valence electrons. The Hall–Kier alpha value is -0.570. The maximum absolute atomic E-state index is 12.0. The maximum Gasteiger partial charge on any atom is 0.257 e. The molecule has 0 saturated heterocycles. The van der Waals surface area contributed by atoms with Gasteiger partial charge in [-0.2, -0.15) is 11.8 Å². The van der Waals surface area contributed by atoms with E-state index in [-0.39, 0.29) is 22.9 Å². The van der Waals surface area contributed by atoms with Crippen molar-refractivity contribution in [2.24, 2.45) is 0 Å². The minimum Gasteiger partial charge on any atom is -0.395 e. The number of nitrogens with one attached hydrogen (secondary N) is 2. The molecule has 1 aromatic rings. The van der Waals surface area contributed by atoms with Gasteiger partial charge in [0, 0.05) is 17.7 Å². The van der Waals surface area contributed by atoms with Crippen molar-refractivity contribution in [2.45, 2.75) is 36.6 Å². The molecule has 3 N–H and O–H groups in total. The van der Waals surface area contributed by atoms with Gasteiger partial charge in [0.05, 0.1) is 12.8 Å². The first kappa shape index (κ1) is 15.5. The Labute approximate surface area is 112 Å². The molecule has 0 aliphatic carbocycles. The molecule has 1 rings (SSSR count). The van der Waals surface area contributed by atoms with Crippen LogP contribution in [0.3, 0.4) is 0 Å². The van der Waals surface area contributed by atoms with Crippen molar-refractivity contribution < 1.29 is 13.5 Å². The van der Waals surface area contributed by atoms with Crippen molar-refractivity contribution in [2.75, 3.05) is 12.9 Å². The zero-order valence-corrected chi connectivity index (χ0v) is 12.3. The fourth-order valence-electron chi connectivity index (χ4n) is 1.48. The van der Waals surface area contributed by atoms with Crippen molar-refractivity contribution in [3.05, 3.63) is 12.0 Å². The van der Waals surface area contributed by atoms with E-state index in [0.717, 1.165) is 0 Å². The number of sulfonamides is 1. The summed E-state index contributed by atoms with van der Waals surface area (Å²) in [5.74, 6) is 0.631. The normalized spacial score (nSPS) is 15.6. The van der Waals surface area contributed by atoms with Crippen LogP contribution in [0.25, 0.3) is 0 Å². The Kier molecular flexibility index (Phi) is 5.64. The Morgan fingerprint density at radius 2 is 2.28 bits per heavy atom. The fraction of sp³-hybridized carbons (Fsp3) is 0.700. The standard InChI is InChI=1S/C10H19N3O3S2/c1-4-9-11-5-10(12-9)18(15,16)13-7(2)8(6-14)17-3/h5,7-8,13-14H,4,6H2,1-3H3,(H,11,12). The van der Waals surface area contributed by atoms with Gasteiger partial charge < -0.3 is 10.1 Å². The van der Waals surface area contributed by atoms with Crippen molar-refractivity contribution in [1.29, 1.82) is 0 Å². The third-order valence-corrected chi connectivity index (χ3v) is 5.24. The topological polar surface area (TPSA) is 95.1 Å². The Morgan fingerprint density at radius 1 is 1.61 bits per heavy atom. The quantitative estimate of drug-likeness (QED) is 0.675. The van der Waals surface area contributed by atoms with Gasteiger partial charge in [0.15, 0.2) is 5.03 Å². The third-order valence-electron chi connectivity index (χ3n) is 2.61. The van der Waals surface area contributed by atoms with E-state index in [2.05, 4.69) is 14.7 Å². The van der Waals surface area contributed by atoms with Crippen LogP contribution >= 0.6 is 11.8 Å². The lowest BCUT2D eigenvalue weighted by molar-refractivity contribution is 0.282. The van der Waals surface area contributed by atoms with Crippen molar-refractivity contribution in [1.82, 2.24) is 14.7 Å². The lowest BCUT2D eigenvalue weighted by atomic mass is 10.3. The molecule has 0 radical (unpaired) electrons. The monoisotopic (exact) mass is 293 g/mol. The molecule has 0 aliphatic rings. The van der Waals surface area contributed by atoms with Crippen LogP contribution < -0.4 is 4.72 Å².